The molecule has 0 aliphatic heterocycles. The van der Waals surface area contributed by atoms with Crippen molar-refractivity contribution in [3.8, 4) is 17.2 Å². The molecular weight excluding hydrogens is 242 g/mol. The van der Waals surface area contributed by atoms with Crippen LogP contribution in [0.25, 0.3) is 22.7 Å². The van der Waals surface area contributed by atoms with E-state index in [0.717, 1.165) is 16.6 Å². The second-order valence-corrected chi connectivity index (χ2v) is 4.16. The molecule has 0 saturated heterocycles. The van der Waals surface area contributed by atoms with Gasteiger partial charge in [0.1, 0.15) is 11.3 Å². The maximum absolute atomic E-state index is 5.67. The van der Waals surface area contributed by atoms with Crippen LogP contribution in [0.1, 0.15) is 12.5 Å². The van der Waals surface area contributed by atoms with Gasteiger partial charge in [-0.05, 0) is 31.5 Å². The minimum atomic E-state index is 0.499. The maximum atomic E-state index is 5.67. The topological polar surface area (TPSA) is 61.0 Å². The highest BCUT2D eigenvalue weighted by atomic mass is 16.5. The Balaban J connectivity index is 2.13. The third-order valence-electron chi connectivity index (χ3n) is 2.70. The van der Waals surface area contributed by atoms with Gasteiger partial charge in [0.2, 0.25) is 11.6 Å². The molecule has 0 unspecified atom stereocenters. The summed E-state index contributed by atoms with van der Waals surface area (Å²) in [6, 6.07) is 3.76. The summed E-state index contributed by atoms with van der Waals surface area (Å²) in [7, 11) is 0. The molecule has 0 aromatic carbocycles. The Kier molecular flexibility index (Phi) is 2.87. The number of ether oxygens (including phenoxy) is 1. The van der Waals surface area contributed by atoms with Crippen LogP contribution in [-0.4, -0.2) is 21.6 Å². The summed E-state index contributed by atoms with van der Waals surface area (Å²) in [5.74, 6) is 1.16. The lowest BCUT2D eigenvalue weighted by Gasteiger charge is -2.05. The Morgan fingerprint density at radius 1 is 1.32 bits per heavy atom. The molecule has 0 amide bonds. The zero-order valence-corrected chi connectivity index (χ0v) is 10.8. The Morgan fingerprint density at radius 3 is 3.05 bits per heavy atom. The average Bonchev–Trinajstić information content (AvgIpc) is 2.82. The number of pyridine rings is 2. The fraction of sp³-hybridized carbons (Fsp3) is 0.214. The molecule has 3 heterocycles. The summed E-state index contributed by atoms with van der Waals surface area (Å²) in [5, 5.41) is 0. The van der Waals surface area contributed by atoms with Crippen molar-refractivity contribution in [1.29, 1.82) is 0 Å². The highest BCUT2D eigenvalue weighted by Crippen LogP contribution is 2.30. The first-order chi connectivity index (χ1) is 9.28. The van der Waals surface area contributed by atoms with Gasteiger partial charge in [0.05, 0.1) is 18.4 Å². The number of oxazole rings is 1. The van der Waals surface area contributed by atoms with Crippen LogP contribution >= 0.6 is 0 Å². The minimum Gasteiger partial charge on any atom is -0.491 e. The Bertz CT molecular complexity index is 722. The molecule has 0 aliphatic carbocycles. The van der Waals surface area contributed by atoms with Crippen molar-refractivity contribution >= 4 is 11.2 Å². The SMILES string of the molecule is CCOc1cnccc1-c1nc2cc(C)cnc2o1. The molecule has 19 heavy (non-hydrogen) atoms. The van der Waals surface area contributed by atoms with Crippen LogP contribution in [0, 0.1) is 6.92 Å². The zero-order chi connectivity index (χ0) is 13.2. The van der Waals surface area contributed by atoms with E-state index in [4.69, 9.17) is 9.15 Å². The predicted octanol–water partition coefficient (Wildman–Crippen LogP) is 2.99. The van der Waals surface area contributed by atoms with E-state index in [1.54, 1.807) is 18.6 Å². The van der Waals surface area contributed by atoms with Crippen LogP contribution < -0.4 is 4.74 Å². The Hall–Kier alpha value is -2.43. The van der Waals surface area contributed by atoms with Gasteiger partial charge in [-0.2, -0.15) is 0 Å². The lowest BCUT2D eigenvalue weighted by atomic mass is 10.2. The molecule has 0 N–H and O–H groups in total. The van der Waals surface area contributed by atoms with Crippen molar-refractivity contribution < 1.29 is 9.15 Å². The van der Waals surface area contributed by atoms with Gasteiger partial charge < -0.3 is 9.15 Å². The molecule has 0 aliphatic rings. The summed E-state index contributed by atoms with van der Waals surface area (Å²) in [6.45, 7) is 4.46. The van der Waals surface area contributed by atoms with E-state index in [-0.39, 0.29) is 0 Å². The third kappa shape index (κ3) is 2.14. The summed E-state index contributed by atoms with van der Waals surface area (Å²) in [5.41, 5.74) is 3.11. The van der Waals surface area contributed by atoms with Crippen LogP contribution in [0.2, 0.25) is 0 Å². The second kappa shape index (κ2) is 4.68. The number of aromatic nitrogens is 3. The molecule has 3 aromatic heterocycles. The molecule has 0 radical (unpaired) electrons. The highest BCUT2D eigenvalue weighted by molar-refractivity contribution is 5.74. The van der Waals surface area contributed by atoms with E-state index in [2.05, 4.69) is 15.0 Å². The quantitative estimate of drug-likeness (QED) is 0.720. The van der Waals surface area contributed by atoms with Gasteiger partial charge in [-0.1, -0.05) is 0 Å². The first-order valence-corrected chi connectivity index (χ1v) is 6.08. The monoisotopic (exact) mass is 255 g/mol. The van der Waals surface area contributed by atoms with Gasteiger partial charge in [-0.25, -0.2) is 9.97 Å². The van der Waals surface area contributed by atoms with Crippen LogP contribution in [0.5, 0.6) is 5.75 Å². The van der Waals surface area contributed by atoms with E-state index in [9.17, 15) is 0 Å². The number of rotatable bonds is 3. The standard InChI is InChI=1S/C14H13N3O2/c1-3-18-12-8-15-5-4-10(12)13-17-11-6-9(2)7-16-14(11)19-13/h4-8H,3H2,1-2H3. The van der Waals surface area contributed by atoms with Crippen molar-refractivity contribution in [1.82, 2.24) is 15.0 Å². The fourth-order valence-electron chi connectivity index (χ4n) is 1.87. The van der Waals surface area contributed by atoms with E-state index >= 15 is 0 Å². The van der Waals surface area contributed by atoms with E-state index in [1.807, 2.05) is 26.0 Å². The molecule has 0 bridgehead atoms. The van der Waals surface area contributed by atoms with Gasteiger partial charge in [0, 0.05) is 12.4 Å². The molecule has 5 nitrogen and oxygen atoms in total. The first kappa shape index (κ1) is 11.6. The van der Waals surface area contributed by atoms with Gasteiger partial charge in [-0.15, -0.1) is 0 Å². The average molecular weight is 255 g/mol. The summed E-state index contributed by atoms with van der Waals surface area (Å²) in [6.07, 6.45) is 5.10. The van der Waals surface area contributed by atoms with Crippen molar-refractivity contribution in [3.05, 3.63) is 36.3 Å². The van der Waals surface area contributed by atoms with Crippen LogP contribution in [0.3, 0.4) is 0 Å². The number of hydrogen-bond acceptors (Lipinski definition) is 5. The van der Waals surface area contributed by atoms with Crippen molar-refractivity contribution in [2.45, 2.75) is 13.8 Å². The molecule has 0 atom stereocenters. The number of hydrogen-bond donors (Lipinski definition) is 0. The van der Waals surface area contributed by atoms with Crippen LogP contribution in [-0.2, 0) is 0 Å². The summed E-state index contributed by atoms with van der Waals surface area (Å²) < 4.78 is 11.2. The first-order valence-electron chi connectivity index (χ1n) is 6.08. The molecular formula is C14H13N3O2. The molecule has 5 heteroatoms. The van der Waals surface area contributed by atoms with E-state index < -0.39 is 0 Å². The molecule has 3 aromatic rings. The number of nitrogens with zero attached hydrogens (tertiary/aromatic N) is 3. The Morgan fingerprint density at radius 2 is 2.21 bits per heavy atom. The molecule has 0 spiro atoms. The van der Waals surface area contributed by atoms with Gasteiger partial charge in [0.15, 0.2) is 0 Å². The zero-order valence-electron chi connectivity index (χ0n) is 10.8. The Labute approximate surface area is 110 Å². The van der Waals surface area contributed by atoms with Crippen molar-refractivity contribution in [3.63, 3.8) is 0 Å². The number of aryl methyl sites for hydroxylation is 1. The normalized spacial score (nSPS) is 10.8. The summed E-state index contributed by atoms with van der Waals surface area (Å²) in [4.78, 5) is 12.7. The number of fused-ring (bicyclic) bond motifs is 1. The molecule has 0 saturated carbocycles. The molecule has 0 fully saturated rings. The largest absolute Gasteiger partial charge is 0.491 e. The van der Waals surface area contributed by atoms with Gasteiger partial charge in [0.25, 0.3) is 0 Å². The third-order valence-corrected chi connectivity index (χ3v) is 2.70. The molecule has 3 rings (SSSR count). The highest BCUT2D eigenvalue weighted by Gasteiger charge is 2.13. The fourth-order valence-corrected chi connectivity index (χ4v) is 1.87. The summed E-state index contributed by atoms with van der Waals surface area (Å²) >= 11 is 0. The van der Waals surface area contributed by atoms with E-state index in [0.29, 0.717) is 24.0 Å². The predicted molar refractivity (Wildman–Crippen MR) is 70.9 cm³/mol. The van der Waals surface area contributed by atoms with Gasteiger partial charge in [-0.3, -0.25) is 4.98 Å². The van der Waals surface area contributed by atoms with Crippen molar-refractivity contribution in [2.24, 2.45) is 0 Å². The van der Waals surface area contributed by atoms with E-state index in [1.165, 1.54) is 0 Å². The van der Waals surface area contributed by atoms with Crippen LogP contribution in [0.4, 0.5) is 0 Å². The lowest BCUT2D eigenvalue weighted by Crippen LogP contribution is -1.94. The van der Waals surface area contributed by atoms with Crippen LogP contribution in [0.15, 0.2) is 35.1 Å². The smallest absolute Gasteiger partial charge is 0.247 e. The molecule has 96 valence electrons. The van der Waals surface area contributed by atoms with Gasteiger partial charge >= 0.3 is 0 Å². The maximum Gasteiger partial charge on any atom is 0.247 e. The minimum absolute atomic E-state index is 0.499. The second-order valence-electron chi connectivity index (χ2n) is 4.16. The lowest BCUT2D eigenvalue weighted by molar-refractivity contribution is 0.339. The van der Waals surface area contributed by atoms with Crippen molar-refractivity contribution in [2.75, 3.05) is 6.61 Å².